The van der Waals surface area contributed by atoms with Crippen molar-refractivity contribution >= 4 is 75.7 Å². The SMILES string of the molecule is C1=c2c(-c3nc(-c4cccc5ccccc45)nc(-n4c5ccccc5c5c6sc7ccccc7c6ccc54)n3)cccc2=C(c2cccc(-c3cc(-c4ccccc4)cc(-c4ccccc4)c3)c2)CC1. The van der Waals surface area contributed by atoms with Crippen molar-refractivity contribution in [1.82, 2.24) is 19.5 Å². The molecule has 0 spiro atoms. The molecule has 13 aromatic rings. The topological polar surface area (TPSA) is 43.6 Å². The van der Waals surface area contributed by atoms with Crippen molar-refractivity contribution in [2.75, 3.05) is 0 Å². The Bertz CT molecular complexity index is 4290. The van der Waals surface area contributed by atoms with E-state index in [1.165, 1.54) is 80.7 Å². The van der Waals surface area contributed by atoms with Crippen LogP contribution in [0.3, 0.4) is 0 Å². The van der Waals surface area contributed by atoms with Gasteiger partial charge in [0.25, 0.3) is 0 Å². The molecule has 0 radical (unpaired) electrons. The van der Waals surface area contributed by atoms with Crippen LogP contribution in [0, 0.1) is 0 Å². The van der Waals surface area contributed by atoms with Gasteiger partial charge in [-0.1, -0.05) is 188 Å². The van der Waals surface area contributed by atoms with E-state index in [9.17, 15) is 0 Å². The molecule has 328 valence electrons. The van der Waals surface area contributed by atoms with Gasteiger partial charge in [0.15, 0.2) is 11.6 Å². The monoisotopic (exact) mass is 910 g/mol. The Morgan fingerprint density at radius 1 is 0.400 bits per heavy atom. The van der Waals surface area contributed by atoms with Crippen LogP contribution in [0.1, 0.15) is 18.4 Å². The van der Waals surface area contributed by atoms with Gasteiger partial charge in [-0.15, -0.1) is 11.3 Å². The van der Waals surface area contributed by atoms with Gasteiger partial charge in [0.05, 0.1) is 11.0 Å². The Hall–Kier alpha value is -8.77. The molecule has 70 heavy (non-hydrogen) atoms. The average molecular weight is 911 g/mol. The number of rotatable bonds is 7. The number of benzene rings is 10. The molecule has 14 rings (SSSR count). The van der Waals surface area contributed by atoms with Crippen LogP contribution in [0.4, 0.5) is 0 Å². The van der Waals surface area contributed by atoms with Crippen molar-refractivity contribution in [3.63, 3.8) is 0 Å². The summed E-state index contributed by atoms with van der Waals surface area (Å²) in [5, 5.41) is 9.56. The first-order valence-corrected chi connectivity index (χ1v) is 24.8. The molecule has 0 amide bonds. The number of para-hydroxylation sites is 1. The molecule has 3 aromatic heterocycles. The van der Waals surface area contributed by atoms with E-state index in [1.807, 2.05) is 11.3 Å². The normalized spacial score (nSPS) is 12.5. The lowest BCUT2D eigenvalue weighted by molar-refractivity contribution is 0.952. The molecule has 0 fully saturated rings. The summed E-state index contributed by atoms with van der Waals surface area (Å²) in [5.41, 5.74) is 13.8. The predicted molar refractivity (Wildman–Crippen MR) is 294 cm³/mol. The Morgan fingerprint density at radius 3 is 1.79 bits per heavy atom. The fraction of sp³-hybridized carbons (Fsp3) is 0.0308. The minimum absolute atomic E-state index is 0.595. The summed E-state index contributed by atoms with van der Waals surface area (Å²) >= 11 is 1.86. The van der Waals surface area contributed by atoms with E-state index in [2.05, 4.69) is 235 Å². The van der Waals surface area contributed by atoms with E-state index >= 15 is 0 Å². The van der Waals surface area contributed by atoms with Gasteiger partial charge in [-0.25, -0.2) is 4.98 Å². The molecule has 1 aliphatic rings. The Kier molecular flexibility index (Phi) is 9.49. The van der Waals surface area contributed by atoms with Crippen LogP contribution >= 0.6 is 11.3 Å². The quantitative estimate of drug-likeness (QED) is 0.160. The molecule has 0 saturated carbocycles. The lowest BCUT2D eigenvalue weighted by Crippen LogP contribution is -2.32. The van der Waals surface area contributed by atoms with E-state index in [4.69, 9.17) is 15.0 Å². The van der Waals surface area contributed by atoms with E-state index in [0.29, 0.717) is 17.6 Å². The van der Waals surface area contributed by atoms with Crippen molar-refractivity contribution in [2.24, 2.45) is 0 Å². The fourth-order valence-electron chi connectivity index (χ4n) is 10.9. The summed E-state index contributed by atoms with van der Waals surface area (Å²) in [6.45, 7) is 0. The van der Waals surface area contributed by atoms with Crippen LogP contribution < -0.4 is 10.4 Å². The maximum absolute atomic E-state index is 5.52. The second-order valence-electron chi connectivity index (χ2n) is 18.2. The summed E-state index contributed by atoms with van der Waals surface area (Å²) in [6, 6.07) is 81.0. The highest BCUT2D eigenvalue weighted by Gasteiger charge is 2.22. The van der Waals surface area contributed by atoms with Gasteiger partial charge in [-0.3, -0.25) is 4.57 Å². The number of thiophene rings is 1. The summed E-state index contributed by atoms with van der Waals surface area (Å²) in [7, 11) is 0. The van der Waals surface area contributed by atoms with Gasteiger partial charge in [-0.05, 0) is 121 Å². The third-order valence-electron chi connectivity index (χ3n) is 14.1. The molecule has 0 saturated heterocycles. The zero-order valence-corrected chi connectivity index (χ0v) is 38.9. The highest BCUT2D eigenvalue weighted by atomic mass is 32.1. The van der Waals surface area contributed by atoms with Gasteiger partial charge in [-0.2, -0.15) is 9.97 Å². The minimum atomic E-state index is 0.595. The second kappa shape index (κ2) is 16.5. The Morgan fingerprint density at radius 2 is 0.986 bits per heavy atom. The molecule has 10 aromatic carbocycles. The van der Waals surface area contributed by atoms with E-state index in [1.54, 1.807) is 0 Å². The lowest BCUT2D eigenvalue weighted by atomic mass is 9.89. The van der Waals surface area contributed by atoms with Gasteiger partial charge < -0.3 is 0 Å². The molecule has 0 unspecified atom stereocenters. The van der Waals surface area contributed by atoms with Gasteiger partial charge >= 0.3 is 0 Å². The summed E-state index contributed by atoms with van der Waals surface area (Å²) in [5.74, 6) is 1.89. The second-order valence-corrected chi connectivity index (χ2v) is 19.2. The van der Waals surface area contributed by atoms with Crippen molar-refractivity contribution in [2.45, 2.75) is 12.8 Å². The average Bonchev–Trinajstić information content (AvgIpc) is 3.99. The van der Waals surface area contributed by atoms with Crippen molar-refractivity contribution < 1.29 is 0 Å². The van der Waals surface area contributed by atoms with E-state index in [0.717, 1.165) is 51.0 Å². The number of hydrogen-bond donors (Lipinski definition) is 0. The zero-order chi connectivity index (χ0) is 46.1. The summed E-state index contributed by atoms with van der Waals surface area (Å²) in [4.78, 5) is 16.4. The lowest BCUT2D eigenvalue weighted by Gasteiger charge is -2.16. The molecule has 5 heteroatoms. The molecular weight excluding hydrogens is 869 g/mol. The van der Waals surface area contributed by atoms with Gasteiger partial charge in [0.2, 0.25) is 5.95 Å². The van der Waals surface area contributed by atoms with Crippen LogP contribution in [0.15, 0.2) is 224 Å². The first kappa shape index (κ1) is 40.3. The molecule has 0 bridgehead atoms. The summed E-state index contributed by atoms with van der Waals surface area (Å²) < 4.78 is 4.81. The fourth-order valence-corrected chi connectivity index (χ4v) is 12.1. The molecule has 0 atom stereocenters. The molecule has 0 aliphatic heterocycles. The molecular formula is C65H42N4S. The Labute approximate surface area is 408 Å². The van der Waals surface area contributed by atoms with Crippen LogP contribution in [0.2, 0.25) is 0 Å². The zero-order valence-electron chi connectivity index (χ0n) is 38.1. The summed E-state index contributed by atoms with van der Waals surface area (Å²) in [6.07, 6.45) is 4.21. The van der Waals surface area contributed by atoms with E-state index < -0.39 is 0 Å². The largest absolute Gasteiger partial charge is 0.278 e. The standard InChI is InChI=1S/C65H42N4S/c1-3-17-41(18-4-1)46-38-47(42-19-5-2-6-20-42)40-48(39-46)44-23-13-24-45(37-44)50-28-15-30-52-51(50)29-16-32-56(52)64-66-63(55-31-14-22-43-21-7-8-25-49(43)55)67-65(68-64)69-58-33-11-9-27-57(58)61-59(69)36-35-54-53-26-10-12-34-60(53)70-62(54)61/h1-14,16-27,29-40H,15,28H2. The van der Waals surface area contributed by atoms with Crippen molar-refractivity contribution in [1.29, 1.82) is 0 Å². The third kappa shape index (κ3) is 6.69. The van der Waals surface area contributed by atoms with Crippen molar-refractivity contribution in [3.8, 4) is 62.1 Å². The van der Waals surface area contributed by atoms with Crippen molar-refractivity contribution in [3.05, 3.63) is 240 Å². The van der Waals surface area contributed by atoms with Gasteiger partial charge in [0, 0.05) is 42.1 Å². The smallest absolute Gasteiger partial charge is 0.238 e. The van der Waals surface area contributed by atoms with E-state index in [-0.39, 0.29) is 0 Å². The third-order valence-corrected chi connectivity index (χ3v) is 15.3. The number of hydrogen-bond acceptors (Lipinski definition) is 4. The highest BCUT2D eigenvalue weighted by Crippen LogP contribution is 2.43. The van der Waals surface area contributed by atoms with Crippen LogP contribution in [-0.2, 0) is 0 Å². The first-order valence-electron chi connectivity index (χ1n) is 24.0. The maximum Gasteiger partial charge on any atom is 0.238 e. The minimum Gasteiger partial charge on any atom is -0.278 e. The van der Waals surface area contributed by atoms with Crippen LogP contribution in [0.5, 0.6) is 0 Å². The van der Waals surface area contributed by atoms with Crippen LogP contribution in [0.25, 0.3) is 127 Å². The van der Waals surface area contributed by atoms with Gasteiger partial charge in [0.1, 0.15) is 0 Å². The van der Waals surface area contributed by atoms with Crippen LogP contribution in [-0.4, -0.2) is 19.5 Å². The predicted octanol–water partition coefficient (Wildman–Crippen LogP) is 15.6. The highest BCUT2D eigenvalue weighted by molar-refractivity contribution is 7.26. The molecule has 1 aliphatic carbocycles. The first-order chi connectivity index (χ1) is 34.7. The number of aromatic nitrogens is 4. The number of fused-ring (bicyclic) bond motifs is 9. The molecule has 0 N–H and O–H groups in total. The molecule has 3 heterocycles. The Balaban J connectivity index is 0.970. The maximum atomic E-state index is 5.52. The number of nitrogens with zero attached hydrogens (tertiary/aromatic N) is 4. The molecule has 4 nitrogen and oxygen atoms in total.